The van der Waals surface area contributed by atoms with Crippen LogP contribution in [0.1, 0.15) is 6.42 Å². The molecule has 9 heteroatoms. The van der Waals surface area contributed by atoms with E-state index in [4.69, 9.17) is 5.73 Å². The number of rotatable bonds is 5. The number of hydrogen-bond acceptors (Lipinski definition) is 7. The fourth-order valence-corrected chi connectivity index (χ4v) is 1.57. The van der Waals surface area contributed by atoms with Gasteiger partial charge in [0, 0.05) is 12.6 Å². The predicted octanol–water partition coefficient (Wildman–Crippen LogP) is -0.841. The zero-order valence-electron chi connectivity index (χ0n) is 11.6. The molecule has 0 radical (unpaired) electrons. The molecule has 0 fully saturated rings. The number of hydrazine groups is 1. The molecule has 0 saturated carbocycles. The molecule has 1 aliphatic rings. The first-order valence-electron chi connectivity index (χ1n) is 5.90. The average molecular weight is 296 g/mol. The number of nitrogens with one attached hydrogen (secondary N) is 2. The van der Waals surface area contributed by atoms with Gasteiger partial charge in [0.25, 0.3) is 0 Å². The first-order chi connectivity index (χ1) is 9.97. The second-order valence-electron chi connectivity index (χ2n) is 3.94. The second kappa shape index (κ2) is 7.68. The van der Waals surface area contributed by atoms with Gasteiger partial charge in [-0.05, 0) is 17.7 Å². The van der Waals surface area contributed by atoms with E-state index in [1.807, 2.05) is 0 Å². The van der Waals surface area contributed by atoms with Crippen molar-refractivity contribution in [3.05, 3.63) is 23.9 Å². The maximum atomic E-state index is 11.6. The molecular weight excluding hydrogens is 280 g/mol. The Bertz CT molecular complexity index is 524. The van der Waals surface area contributed by atoms with Crippen LogP contribution in [0.5, 0.6) is 0 Å². The Morgan fingerprint density at radius 3 is 2.67 bits per heavy atom. The number of ether oxygens (including phenoxy) is 2. The SMILES string of the molecule is COC(=O)C1=NC(C(=O)OC)CC(/C=C/NNC(N)=O)=C1. The lowest BCUT2D eigenvalue weighted by molar-refractivity contribution is -0.142. The summed E-state index contributed by atoms with van der Waals surface area (Å²) in [5, 5.41) is 0. The van der Waals surface area contributed by atoms with Gasteiger partial charge in [-0.1, -0.05) is 0 Å². The number of urea groups is 1. The maximum absolute atomic E-state index is 11.6. The molecule has 4 N–H and O–H groups in total. The number of methoxy groups -OCH3 is 2. The quantitative estimate of drug-likeness (QED) is 0.447. The van der Waals surface area contributed by atoms with Crippen LogP contribution in [0.4, 0.5) is 4.79 Å². The van der Waals surface area contributed by atoms with E-state index >= 15 is 0 Å². The van der Waals surface area contributed by atoms with Crippen molar-refractivity contribution in [2.24, 2.45) is 10.7 Å². The summed E-state index contributed by atoms with van der Waals surface area (Å²) in [6, 6.07) is -1.57. The monoisotopic (exact) mass is 296 g/mol. The van der Waals surface area contributed by atoms with E-state index in [0.717, 1.165) is 0 Å². The Morgan fingerprint density at radius 1 is 1.38 bits per heavy atom. The van der Waals surface area contributed by atoms with Gasteiger partial charge in [0.15, 0.2) is 6.04 Å². The molecule has 1 aliphatic heterocycles. The number of amides is 2. The highest BCUT2D eigenvalue weighted by Crippen LogP contribution is 2.17. The third-order valence-corrected chi connectivity index (χ3v) is 2.49. The molecule has 0 aromatic carbocycles. The van der Waals surface area contributed by atoms with Crippen molar-refractivity contribution < 1.29 is 23.9 Å². The smallest absolute Gasteiger partial charge is 0.356 e. The Kier molecular flexibility index (Phi) is 5.93. The lowest BCUT2D eigenvalue weighted by atomic mass is 10.0. The molecular formula is C12H16N4O5. The largest absolute Gasteiger partial charge is 0.467 e. The number of aliphatic imine (C=N–C) groups is 1. The number of allylic oxidation sites excluding steroid dienone is 1. The molecule has 9 nitrogen and oxygen atoms in total. The predicted molar refractivity (Wildman–Crippen MR) is 72.9 cm³/mol. The minimum absolute atomic E-state index is 0.0154. The van der Waals surface area contributed by atoms with Crippen LogP contribution in [0.25, 0.3) is 0 Å². The van der Waals surface area contributed by atoms with Gasteiger partial charge in [-0.15, -0.1) is 0 Å². The van der Waals surface area contributed by atoms with Crippen LogP contribution >= 0.6 is 0 Å². The maximum Gasteiger partial charge on any atom is 0.356 e. The molecule has 1 atom stereocenters. The van der Waals surface area contributed by atoms with Gasteiger partial charge in [-0.2, -0.15) is 0 Å². The number of carbonyl (C=O) groups excluding carboxylic acids is 3. The van der Waals surface area contributed by atoms with Gasteiger partial charge < -0.3 is 20.6 Å². The van der Waals surface area contributed by atoms with Crippen LogP contribution < -0.4 is 16.6 Å². The summed E-state index contributed by atoms with van der Waals surface area (Å²) in [5.41, 5.74) is 10.1. The van der Waals surface area contributed by atoms with Gasteiger partial charge in [-0.25, -0.2) is 14.4 Å². The normalized spacial score (nSPS) is 17.5. The molecule has 21 heavy (non-hydrogen) atoms. The summed E-state index contributed by atoms with van der Waals surface area (Å²) < 4.78 is 9.20. The van der Waals surface area contributed by atoms with Crippen LogP contribution in [0.2, 0.25) is 0 Å². The molecule has 1 unspecified atom stereocenters. The van der Waals surface area contributed by atoms with Gasteiger partial charge in [0.1, 0.15) is 5.71 Å². The topological polar surface area (TPSA) is 132 Å². The van der Waals surface area contributed by atoms with Crippen molar-refractivity contribution >= 4 is 23.7 Å². The standard InChI is InChI=1S/C12H16N4O5/c1-20-10(17)8-5-7(3-4-14-16-12(13)19)6-9(15-8)11(18)21-2/h3-5,9,14H,6H2,1-2H3,(H3,13,16,19)/b4-3+. The Balaban J connectivity index is 2.85. The first-order valence-corrected chi connectivity index (χ1v) is 5.90. The summed E-state index contributed by atoms with van der Waals surface area (Å²) in [7, 11) is 2.45. The van der Waals surface area contributed by atoms with Gasteiger partial charge >= 0.3 is 18.0 Å². The Labute approximate surface area is 120 Å². The molecule has 0 bridgehead atoms. The van der Waals surface area contributed by atoms with Crippen molar-refractivity contribution in [1.82, 2.24) is 10.9 Å². The van der Waals surface area contributed by atoms with Gasteiger partial charge in [0.2, 0.25) is 0 Å². The first kappa shape index (κ1) is 16.2. The molecule has 0 aromatic rings. The highest BCUT2D eigenvalue weighted by atomic mass is 16.5. The van der Waals surface area contributed by atoms with Crippen molar-refractivity contribution in [2.45, 2.75) is 12.5 Å². The van der Waals surface area contributed by atoms with Gasteiger partial charge in [0.05, 0.1) is 14.2 Å². The summed E-state index contributed by atoms with van der Waals surface area (Å²) >= 11 is 0. The minimum Gasteiger partial charge on any atom is -0.467 e. The number of esters is 2. The summed E-state index contributed by atoms with van der Waals surface area (Å²) in [6.45, 7) is 0. The molecule has 2 amide bonds. The second-order valence-corrected chi connectivity index (χ2v) is 3.94. The molecule has 1 rings (SSSR count). The van der Waals surface area contributed by atoms with Crippen LogP contribution in [-0.2, 0) is 19.1 Å². The van der Waals surface area contributed by atoms with E-state index in [9.17, 15) is 14.4 Å². The summed E-state index contributed by atoms with van der Waals surface area (Å²) in [4.78, 5) is 37.5. The average Bonchev–Trinajstić information content (AvgIpc) is 2.49. The number of nitrogens with two attached hydrogens (primary N) is 1. The lowest BCUT2D eigenvalue weighted by Crippen LogP contribution is -2.37. The minimum atomic E-state index is -0.821. The molecule has 1 heterocycles. The Hall–Kier alpha value is -2.84. The summed E-state index contributed by atoms with van der Waals surface area (Å²) in [6.07, 6.45) is 4.68. The van der Waals surface area contributed by atoms with Crippen molar-refractivity contribution in [3.63, 3.8) is 0 Å². The van der Waals surface area contributed by atoms with Crippen LogP contribution in [0.15, 0.2) is 28.9 Å². The fourth-order valence-electron chi connectivity index (χ4n) is 1.57. The molecule has 0 saturated heterocycles. The van der Waals surface area contributed by atoms with E-state index in [2.05, 4.69) is 25.3 Å². The molecule has 0 aliphatic carbocycles. The summed E-state index contributed by atoms with van der Waals surface area (Å²) in [5.74, 6) is -1.21. The van der Waals surface area contributed by atoms with E-state index in [-0.39, 0.29) is 12.1 Å². The van der Waals surface area contributed by atoms with Crippen LogP contribution in [0.3, 0.4) is 0 Å². The highest BCUT2D eigenvalue weighted by Gasteiger charge is 2.26. The molecule has 0 aromatic heterocycles. The number of primary amides is 1. The van der Waals surface area contributed by atoms with Crippen molar-refractivity contribution in [2.75, 3.05) is 14.2 Å². The third-order valence-electron chi connectivity index (χ3n) is 2.49. The number of hydrogen-bond donors (Lipinski definition) is 3. The molecule has 0 spiro atoms. The molecule has 114 valence electrons. The van der Waals surface area contributed by atoms with Crippen LogP contribution in [-0.4, -0.2) is 43.9 Å². The van der Waals surface area contributed by atoms with Crippen molar-refractivity contribution in [1.29, 1.82) is 0 Å². The van der Waals surface area contributed by atoms with Crippen LogP contribution in [0, 0.1) is 0 Å². The van der Waals surface area contributed by atoms with E-state index < -0.39 is 24.0 Å². The van der Waals surface area contributed by atoms with Gasteiger partial charge in [-0.3, -0.25) is 10.4 Å². The zero-order chi connectivity index (χ0) is 15.8. The van der Waals surface area contributed by atoms with Crippen molar-refractivity contribution in [3.8, 4) is 0 Å². The highest BCUT2D eigenvalue weighted by molar-refractivity contribution is 6.41. The fraction of sp³-hybridized carbons (Fsp3) is 0.333. The van der Waals surface area contributed by atoms with E-state index in [1.54, 1.807) is 6.08 Å². The number of nitrogens with zero attached hydrogens (tertiary/aromatic N) is 1. The lowest BCUT2D eigenvalue weighted by Gasteiger charge is -2.17. The van der Waals surface area contributed by atoms with E-state index in [0.29, 0.717) is 5.57 Å². The Morgan fingerprint density at radius 2 is 2.10 bits per heavy atom. The number of carbonyl (C=O) groups is 3. The van der Waals surface area contributed by atoms with E-state index in [1.165, 1.54) is 26.5 Å². The zero-order valence-corrected chi connectivity index (χ0v) is 11.6. The third kappa shape index (κ3) is 4.97. The number of dihydropyridines is 1.